The number of para-hydroxylation sites is 1. The summed E-state index contributed by atoms with van der Waals surface area (Å²) in [4.78, 5) is 11.6. The summed E-state index contributed by atoms with van der Waals surface area (Å²) < 4.78 is 13.5. The molecule has 1 atom stereocenters. The van der Waals surface area contributed by atoms with Crippen molar-refractivity contribution in [1.29, 1.82) is 0 Å². The van der Waals surface area contributed by atoms with Gasteiger partial charge in [-0.05, 0) is 25.0 Å². The highest BCUT2D eigenvalue weighted by Crippen LogP contribution is 2.25. The first kappa shape index (κ1) is 13.5. The SMILES string of the molecule is CCCC(CC)(Nc1ccccc1F)C(N)=O. The molecule has 0 aromatic heterocycles. The summed E-state index contributed by atoms with van der Waals surface area (Å²) in [5.74, 6) is -0.812. The van der Waals surface area contributed by atoms with Gasteiger partial charge in [0.1, 0.15) is 11.4 Å². The van der Waals surface area contributed by atoms with Crippen molar-refractivity contribution in [2.24, 2.45) is 5.73 Å². The van der Waals surface area contributed by atoms with Crippen molar-refractivity contribution in [3.63, 3.8) is 0 Å². The Morgan fingerprint density at radius 2 is 2.06 bits per heavy atom. The molecule has 17 heavy (non-hydrogen) atoms. The van der Waals surface area contributed by atoms with Crippen molar-refractivity contribution in [2.45, 2.75) is 38.6 Å². The minimum Gasteiger partial charge on any atom is -0.369 e. The van der Waals surface area contributed by atoms with Gasteiger partial charge in [0.2, 0.25) is 5.91 Å². The van der Waals surface area contributed by atoms with E-state index < -0.39 is 11.4 Å². The zero-order chi connectivity index (χ0) is 12.9. The van der Waals surface area contributed by atoms with E-state index in [9.17, 15) is 9.18 Å². The van der Waals surface area contributed by atoms with E-state index in [1.807, 2.05) is 13.8 Å². The van der Waals surface area contributed by atoms with Gasteiger partial charge in [-0.1, -0.05) is 32.4 Å². The minimum absolute atomic E-state index is 0.321. The molecule has 1 rings (SSSR count). The van der Waals surface area contributed by atoms with E-state index in [1.54, 1.807) is 18.2 Å². The summed E-state index contributed by atoms with van der Waals surface area (Å²) in [6.45, 7) is 3.84. The van der Waals surface area contributed by atoms with Gasteiger partial charge in [0.15, 0.2) is 0 Å². The maximum Gasteiger partial charge on any atom is 0.243 e. The van der Waals surface area contributed by atoms with E-state index in [-0.39, 0.29) is 5.82 Å². The molecule has 4 heteroatoms. The van der Waals surface area contributed by atoms with Crippen LogP contribution in [0, 0.1) is 5.82 Å². The number of carbonyl (C=O) groups is 1. The second-order valence-electron chi connectivity index (χ2n) is 4.15. The number of benzene rings is 1. The van der Waals surface area contributed by atoms with Crippen LogP contribution in [-0.2, 0) is 4.79 Å². The number of primary amides is 1. The quantitative estimate of drug-likeness (QED) is 0.800. The Morgan fingerprint density at radius 1 is 1.41 bits per heavy atom. The Kier molecular flexibility index (Phi) is 4.49. The van der Waals surface area contributed by atoms with E-state index >= 15 is 0 Å². The smallest absolute Gasteiger partial charge is 0.243 e. The predicted molar refractivity (Wildman–Crippen MR) is 67.1 cm³/mol. The van der Waals surface area contributed by atoms with Gasteiger partial charge in [-0.25, -0.2) is 4.39 Å². The van der Waals surface area contributed by atoms with Crippen LogP contribution in [0.2, 0.25) is 0 Å². The van der Waals surface area contributed by atoms with Gasteiger partial charge < -0.3 is 11.1 Å². The number of anilines is 1. The molecule has 0 fully saturated rings. The van der Waals surface area contributed by atoms with Crippen LogP contribution in [0.25, 0.3) is 0 Å². The van der Waals surface area contributed by atoms with Crippen LogP contribution in [0.5, 0.6) is 0 Å². The van der Waals surface area contributed by atoms with Crippen molar-refractivity contribution in [3.8, 4) is 0 Å². The van der Waals surface area contributed by atoms with Gasteiger partial charge >= 0.3 is 0 Å². The van der Waals surface area contributed by atoms with Gasteiger partial charge in [0.25, 0.3) is 0 Å². The lowest BCUT2D eigenvalue weighted by atomic mass is 9.89. The Morgan fingerprint density at radius 3 is 2.53 bits per heavy atom. The molecule has 0 radical (unpaired) electrons. The lowest BCUT2D eigenvalue weighted by Crippen LogP contribution is -2.50. The molecule has 3 N–H and O–H groups in total. The third kappa shape index (κ3) is 2.96. The fourth-order valence-electron chi connectivity index (χ4n) is 1.93. The van der Waals surface area contributed by atoms with Crippen molar-refractivity contribution in [3.05, 3.63) is 30.1 Å². The molecule has 0 bridgehead atoms. The molecule has 0 saturated carbocycles. The summed E-state index contributed by atoms with van der Waals surface area (Å²) in [7, 11) is 0. The molecule has 0 aliphatic carbocycles. The Balaban J connectivity index is 3.01. The summed E-state index contributed by atoms with van der Waals surface area (Å²) in [6, 6.07) is 6.30. The number of hydrogen-bond acceptors (Lipinski definition) is 2. The number of rotatable bonds is 6. The highest BCUT2D eigenvalue weighted by atomic mass is 19.1. The Bertz CT molecular complexity index is 395. The monoisotopic (exact) mass is 238 g/mol. The molecular formula is C13H19FN2O. The van der Waals surface area contributed by atoms with Gasteiger partial charge in [-0.3, -0.25) is 4.79 Å². The van der Waals surface area contributed by atoms with E-state index in [0.717, 1.165) is 6.42 Å². The van der Waals surface area contributed by atoms with Crippen molar-refractivity contribution >= 4 is 11.6 Å². The Labute approximate surface area is 101 Å². The fourth-order valence-corrected chi connectivity index (χ4v) is 1.93. The summed E-state index contributed by atoms with van der Waals surface area (Å²) in [5, 5.41) is 2.96. The molecule has 0 aliphatic heterocycles. The van der Waals surface area contributed by atoms with Crippen molar-refractivity contribution in [2.75, 3.05) is 5.32 Å². The van der Waals surface area contributed by atoms with Gasteiger partial charge in [0, 0.05) is 0 Å². The molecule has 3 nitrogen and oxygen atoms in total. The normalized spacial score (nSPS) is 14.1. The third-order valence-electron chi connectivity index (χ3n) is 3.00. The first-order valence-corrected chi connectivity index (χ1v) is 5.88. The van der Waals surface area contributed by atoms with Gasteiger partial charge in [-0.2, -0.15) is 0 Å². The Hall–Kier alpha value is -1.58. The van der Waals surface area contributed by atoms with Crippen LogP contribution in [0.4, 0.5) is 10.1 Å². The zero-order valence-electron chi connectivity index (χ0n) is 10.3. The molecule has 1 aromatic carbocycles. The first-order valence-electron chi connectivity index (χ1n) is 5.88. The van der Waals surface area contributed by atoms with Crippen molar-refractivity contribution in [1.82, 2.24) is 0 Å². The van der Waals surface area contributed by atoms with Crippen molar-refractivity contribution < 1.29 is 9.18 Å². The second kappa shape index (κ2) is 5.66. The van der Waals surface area contributed by atoms with Crippen LogP contribution in [0.1, 0.15) is 33.1 Å². The molecule has 0 spiro atoms. The fraction of sp³-hybridized carbons (Fsp3) is 0.462. The lowest BCUT2D eigenvalue weighted by Gasteiger charge is -2.31. The molecule has 0 aliphatic rings. The molecule has 94 valence electrons. The molecule has 1 unspecified atom stereocenters. The highest BCUT2D eigenvalue weighted by Gasteiger charge is 2.34. The summed E-state index contributed by atoms with van der Waals surface area (Å²) >= 11 is 0. The largest absolute Gasteiger partial charge is 0.369 e. The predicted octanol–water partition coefficient (Wildman–Crippen LogP) is 2.67. The first-order chi connectivity index (χ1) is 8.05. The average molecular weight is 238 g/mol. The number of amides is 1. The van der Waals surface area contributed by atoms with E-state index in [2.05, 4.69) is 5.32 Å². The number of nitrogens with two attached hydrogens (primary N) is 1. The topological polar surface area (TPSA) is 55.1 Å². The second-order valence-corrected chi connectivity index (χ2v) is 4.15. The molecular weight excluding hydrogens is 219 g/mol. The maximum absolute atomic E-state index is 13.5. The standard InChI is InChI=1S/C13H19FN2O/c1-3-9-13(4-2,12(15)17)16-11-8-6-5-7-10(11)14/h5-8,16H,3-4,9H2,1-2H3,(H2,15,17). The van der Waals surface area contributed by atoms with Gasteiger partial charge in [0.05, 0.1) is 5.69 Å². The maximum atomic E-state index is 13.5. The summed E-state index contributed by atoms with van der Waals surface area (Å²) in [6.07, 6.45) is 1.93. The number of carbonyl (C=O) groups excluding carboxylic acids is 1. The van der Waals surface area contributed by atoms with Crippen LogP contribution in [0.3, 0.4) is 0 Å². The molecule has 1 aromatic rings. The third-order valence-corrected chi connectivity index (χ3v) is 3.00. The molecule has 1 amide bonds. The molecule has 0 saturated heterocycles. The van der Waals surface area contributed by atoms with E-state index in [4.69, 9.17) is 5.73 Å². The van der Waals surface area contributed by atoms with Crippen LogP contribution < -0.4 is 11.1 Å². The number of halogens is 1. The van der Waals surface area contributed by atoms with E-state index in [0.29, 0.717) is 18.5 Å². The van der Waals surface area contributed by atoms with Crippen LogP contribution in [-0.4, -0.2) is 11.4 Å². The van der Waals surface area contributed by atoms with Gasteiger partial charge in [-0.15, -0.1) is 0 Å². The lowest BCUT2D eigenvalue weighted by molar-refractivity contribution is -0.122. The average Bonchev–Trinajstić information content (AvgIpc) is 2.31. The highest BCUT2D eigenvalue weighted by molar-refractivity contribution is 5.87. The minimum atomic E-state index is -0.864. The number of nitrogens with one attached hydrogen (secondary N) is 1. The van der Waals surface area contributed by atoms with Crippen LogP contribution >= 0.6 is 0 Å². The summed E-state index contributed by atoms with van der Waals surface area (Å²) in [5.41, 5.74) is 4.90. The van der Waals surface area contributed by atoms with Crippen LogP contribution in [0.15, 0.2) is 24.3 Å². The number of hydrogen-bond donors (Lipinski definition) is 2. The zero-order valence-corrected chi connectivity index (χ0v) is 10.3. The van der Waals surface area contributed by atoms with E-state index in [1.165, 1.54) is 6.07 Å². The molecule has 0 heterocycles.